The van der Waals surface area contributed by atoms with Crippen LogP contribution in [0.3, 0.4) is 0 Å². The third-order valence-corrected chi connectivity index (χ3v) is 6.24. The molecule has 2 aromatic rings. The highest BCUT2D eigenvalue weighted by Crippen LogP contribution is 2.33. The topological polar surface area (TPSA) is 48.5 Å². The third kappa shape index (κ3) is 6.65. The van der Waals surface area contributed by atoms with Gasteiger partial charge in [0.15, 0.2) is 0 Å². The van der Waals surface area contributed by atoms with E-state index in [1.807, 2.05) is 4.90 Å². The third-order valence-electron chi connectivity index (χ3n) is 5.08. The van der Waals surface area contributed by atoms with Crippen LogP contribution in [0.1, 0.15) is 37.0 Å². The predicted octanol–water partition coefficient (Wildman–Crippen LogP) is 4.87. The Labute approximate surface area is 189 Å². The number of hydrogen-bond acceptors (Lipinski definition) is 5. The highest BCUT2D eigenvalue weighted by Gasteiger charge is 2.31. The fraction of sp³-hybridized carbons (Fsp3) is 0.524. The zero-order valence-corrected chi connectivity index (χ0v) is 19.3. The Hall–Kier alpha value is -1.68. The number of thiazole rings is 1. The molecule has 0 unspecified atom stereocenters. The lowest BCUT2D eigenvalue weighted by molar-refractivity contribution is -0.137. The van der Waals surface area contributed by atoms with Crippen LogP contribution < -0.4 is 5.32 Å². The van der Waals surface area contributed by atoms with Gasteiger partial charge >= 0.3 is 6.18 Å². The van der Waals surface area contributed by atoms with Crippen molar-refractivity contribution in [3.05, 3.63) is 44.9 Å². The van der Waals surface area contributed by atoms with E-state index in [1.54, 1.807) is 11.3 Å². The molecule has 0 atom stereocenters. The summed E-state index contributed by atoms with van der Waals surface area (Å²) in [5.74, 6) is -0.385. The van der Waals surface area contributed by atoms with E-state index in [9.17, 15) is 18.0 Å². The molecule has 170 valence electrons. The summed E-state index contributed by atoms with van der Waals surface area (Å²) in [6.07, 6.45) is -4.49. The molecule has 1 fully saturated rings. The molecule has 10 heteroatoms. The molecule has 31 heavy (non-hydrogen) atoms. The Morgan fingerprint density at radius 2 is 1.81 bits per heavy atom. The van der Waals surface area contributed by atoms with Gasteiger partial charge in [0.05, 0.1) is 35.1 Å². The number of alkyl halides is 3. The molecule has 5 nitrogen and oxygen atoms in total. The van der Waals surface area contributed by atoms with E-state index in [0.29, 0.717) is 13.1 Å². The van der Waals surface area contributed by atoms with Gasteiger partial charge in [-0.1, -0.05) is 32.4 Å². The molecule has 0 saturated carbocycles. The number of nitrogens with one attached hydrogen (secondary N) is 1. The number of rotatable bonds is 5. The van der Waals surface area contributed by atoms with Gasteiger partial charge in [0.25, 0.3) is 0 Å². The summed E-state index contributed by atoms with van der Waals surface area (Å²) < 4.78 is 38.7. The lowest BCUT2D eigenvalue weighted by Gasteiger charge is -2.33. The first-order chi connectivity index (χ1) is 14.4. The Kier molecular flexibility index (Phi) is 7.30. The zero-order valence-electron chi connectivity index (χ0n) is 17.7. The average Bonchev–Trinajstić information content (AvgIpc) is 3.13. The van der Waals surface area contributed by atoms with Crippen LogP contribution in [0.25, 0.3) is 0 Å². The zero-order chi connectivity index (χ0) is 22.8. The molecule has 1 aromatic carbocycles. The number of aromatic nitrogens is 1. The van der Waals surface area contributed by atoms with Gasteiger partial charge in [-0.3, -0.25) is 14.6 Å². The number of anilines is 1. The molecule has 2 heterocycles. The minimum absolute atomic E-state index is 0.0291. The van der Waals surface area contributed by atoms with E-state index in [4.69, 9.17) is 16.6 Å². The van der Waals surface area contributed by atoms with Gasteiger partial charge < -0.3 is 5.32 Å². The van der Waals surface area contributed by atoms with E-state index in [1.165, 1.54) is 0 Å². The van der Waals surface area contributed by atoms with Gasteiger partial charge in [-0.25, -0.2) is 4.98 Å². The number of nitrogens with zero attached hydrogens (tertiary/aromatic N) is 3. The standard InChI is InChI=1S/C21H26ClF3N4OS/c1-20(2,3)17-13-31-19(27-17)12-29-8-6-28(7-9-29)11-18(30)26-16-10-14(21(23,24)25)4-5-15(16)22/h4-5,10,13H,6-9,11-12H2,1-3H3,(H,26,30). The molecule has 1 aliphatic rings. The van der Waals surface area contributed by atoms with Crippen LogP contribution in [0.2, 0.25) is 5.02 Å². The number of amides is 1. The highest BCUT2D eigenvalue weighted by molar-refractivity contribution is 7.09. The normalized spacial score (nSPS) is 16.5. The second-order valence-corrected chi connectivity index (χ2v) is 10.0. The van der Waals surface area contributed by atoms with E-state index in [2.05, 4.69) is 36.4 Å². The van der Waals surface area contributed by atoms with Crippen molar-refractivity contribution in [3.8, 4) is 0 Å². The van der Waals surface area contributed by atoms with Gasteiger partial charge in [0.1, 0.15) is 5.01 Å². The lowest BCUT2D eigenvalue weighted by atomic mass is 9.93. The van der Waals surface area contributed by atoms with Crippen molar-refractivity contribution in [1.29, 1.82) is 0 Å². The van der Waals surface area contributed by atoms with Gasteiger partial charge in [-0.05, 0) is 18.2 Å². The number of carbonyl (C=O) groups excluding carboxylic acids is 1. The van der Waals surface area contributed by atoms with Crippen LogP contribution in [0.15, 0.2) is 23.6 Å². The molecule has 0 aliphatic carbocycles. The fourth-order valence-electron chi connectivity index (χ4n) is 3.22. The lowest BCUT2D eigenvalue weighted by Crippen LogP contribution is -2.48. The Morgan fingerprint density at radius 3 is 2.39 bits per heavy atom. The molecule has 0 bridgehead atoms. The smallest absolute Gasteiger partial charge is 0.324 e. The minimum atomic E-state index is -4.49. The second kappa shape index (κ2) is 9.44. The maximum absolute atomic E-state index is 12.9. The summed E-state index contributed by atoms with van der Waals surface area (Å²) >= 11 is 7.62. The maximum atomic E-state index is 12.9. The van der Waals surface area contributed by atoms with Crippen LogP contribution in [0, 0.1) is 0 Å². The van der Waals surface area contributed by atoms with Crippen molar-refractivity contribution in [2.75, 3.05) is 38.0 Å². The van der Waals surface area contributed by atoms with Crippen LogP contribution in [-0.2, 0) is 22.9 Å². The van der Waals surface area contributed by atoms with Crippen LogP contribution in [0.4, 0.5) is 18.9 Å². The molecular weight excluding hydrogens is 449 g/mol. The molecular formula is C21H26ClF3N4OS. The van der Waals surface area contributed by atoms with Crippen LogP contribution in [0.5, 0.6) is 0 Å². The van der Waals surface area contributed by atoms with E-state index >= 15 is 0 Å². The SMILES string of the molecule is CC(C)(C)c1csc(CN2CCN(CC(=O)Nc3cc(C(F)(F)F)ccc3Cl)CC2)n1. The summed E-state index contributed by atoms with van der Waals surface area (Å²) in [6, 6.07) is 2.89. The van der Waals surface area contributed by atoms with E-state index in [0.717, 1.165) is 48.5 Å². The summed E-state index contributed by atoms with van der Waals surface area (Å²) in [7, 11) is 0. The Morgan fingerprint density at radius 1 is 1.16 bits per heavy atom. The van der Waals surface area contributed by atoms with Crippen molar-refractivity contribution < 1.29 is 18.0 Å². The summed E-state index contributed by atoms with van der Waals surface area (Å²) in [5, 5.41) is 5.76. The second-order valence-electron chi connectivity index (χ2n) is 8.67. The summed E-state index contributed by atoms with van der Waals surface area (Å²) in [6.45, 7) is 10.3. The van der Waals surface area contributed by atoms with Crippen molar-refractivity contribution >= 4 is 34.5 Å². The average molecular weight is 475 g/mol. The fourth-order valence-corrected chi connectivity index (χ4v) is 4.44. The molecule has 3 rings (SSSR count). The van der Waals surface area contributed by atoms with Gasteiger partial charge in [0.2, 0.25) is 5.91 Å². The van der Waals surface area contributed by atoms with E-state index in [-0.39, 0.29) is 28.6 Å². The maximum Gasteiger partial charge on any atom is 0.416 e. The first-order valence-electron chi connectivity index (χ1n) is 9.98. The monoisotopic (exact) mass is 474 g/mol. The predicted molar refractivity (Wildman–Crippen MR) is 118 cm³/mol. The van der Waals surface area contributed by atoms with Gasteiger partial charge in [-0.2, -0.15) is 13.2 Å². The number of carbonyl (C=O) groups is 1. The Bertz CT molecular complexity index is 918. The molecule has 0 radical (unpaired) electrons. The molecule has 1 aromatic heterocycles. The van der Waals surface area contributed by atoms with E-state index < -0.39 is 11.7 Å². The van der Waals surface area contributed by atoms with Gasteiger partial charge in [-0.15, -0.1) is 11.3 Å². The summed E-state index contributed by atoms with van der Waals surface area (Å²) in [5.41, 5.74) is 0.246. The molecule has 1 amide bonds. The van der Waals surface area contributed by atoms with Gasteiger partial charge in [0, 0.05) is 37.0 Å². The number of benzene rings is 1. The van der Waals surface area contributed by atoms with Crippen molar-refractivity contribution in [1.82, 2.24) is 14.8 Å². The number of halogens is 4. The Balaban J connectivity index is 1.49. The number of hydrogen-bond donors (Lipinski definition) is 1. The largest absolute Gasteiger partial charge is 0.416 e. The molecule has 1 N–H and O–H groups in total. The minimum Gasteiger partial charge on any atom is -0.324 e. The first-order valence-corrected chi connectivity index (χ1v) is 11.2. The molecule has 0 spiro atoms. The quantitative estimate of drug-likeness (QED) is 0.671. The summed E-state index contributed by atoms with van der Waals surface area (Å²) in [4.78, 5) is 21.4. The first kappa shape index (κ1) is 24.0. The van der Waals surface area contributed by atoms with Crippen molar-refractivity contribution in [2.45, 2.75) is 38.9 Å². The van der Waals surface area contributed by atoms with Crippen LogP contribution >= 0.6 is 22.9 Å². The van der Waals surface area contributed by atoms with Crippen molar-refractivity contribution in [2.24, 2.45) is 0 Å². The molecule has 1 saturated heterocycles. The highest BCUT2D eigenvalue weighted by atomic mass is 35.5. The number of piperazine rings is 1. The van der Waals surface area contributed by atoms with Crippen LogP contribution in [-0.4, -0.2) is 53.4 Å². The molecule has 1 aliphatic heterocycles. The van der Waals surface area contributed by atoms with Crippen molar-refractivity contribution in [3.63, 3.8) is 0 Å².